The number of hydrogen-bond donors (Lipinski definition) is 3. The van der Waals surface area contributed by atoms with Crippen molar-refractivity contribution in [2.24, 2.45) is 5.41 Å². The molecule has 4 rings (SSSR count). The summed E-state index contributed by atoms with van der Waals surface area (Å²) in [5.74, 6) is -0.487. The first-order valence-corrected chi connectivity index (χ1v) is 14.3. The van der Waals surface area contributed by atoms with Crippen molar-refractivity contribution in [3.63, 3.8) is 0 Å². The molecule has 3 aromatic rings. The van der Waals surface area contributed by atoms with E-state index >= 15 is 0 Å². The van der Waals surface area contributed by atoms with Crippen LogP contribution in [0.15, 0.2) is 52.9 Å². The number of nitrogens with one attached hydrogen (secondary N) is 2. The molecule has 0 radical (unpaired) electrons. The first kappa shape index (κ1) is 30.6. The van der Waals surface area contributed by atoms with Crippen molar-refractivity contribution in [1.82, 2.24) is 25.4 Å². The van der Waals surface area contributed by atoms with Crippen LogP contribution in [-0.4, -0.2) is 76.5 Å². The van der Waals surface area contributed by atoms with Crippen LogP contribution in [0.2, 0.25) is 0 Å². The van der Waals surface area contributed by atoms with Gasteiger partial charge in [-0.05, 0) is 68.5 Å². The lowest BCUT2D eigenvalue weighted by Gasteiger charge is -2.38. The van der Waals surface area contributed by atoms with Crippen LogP contribution in [0, 0.1) is 11.2 Å². The van der Waals surface area contributed by atoms with Crippen molar-refractivity contribution in [3.05, 3.63) is 65.8 Å². The molecule has 2 amide bonds. The Morgan fingerprint density at radius 3 is 2.56 bits per heavy atom. The van der Waals surface area contributed by atoms with Crippen LogP contribution in [0.3, 0.4) is 0 Å². The van der Waals surface area contributed by atoms with Gasteiger partial charge < -0.3 is 25.1 Å². The summed E-state index contributed by atoms with van der Waals surface area (Å²) in [5.41, 5.74) is 1.65. The second-order valence-electron chi connectivity index (χ2n) is 11.9. The quantitative estimate of drug-likeness (QED) is 0.304. The van der Waals surface area contributed by atoms with Gasteiger partial charge in [0.2, 0.25) is 17.7 Å². The summed E-state index contributed by atoms with van der Waals surface area (Å²) in [4.78, 5) is 34.9. The smallest absolute Gasteiger partial charge is 0.245 e. The number of para-hydroxylation sites is 2. The van der Waals surface area contributed by atoms with Gasteiger partial charge >= 0.3 is 0 Å². The minimum atomic E-state index is -1.14. The number of carbonyl (C=O) groups is 2. The SMILES string of the molecule is CNC(C)C(=O)NC(C(=O)N1CCCC1CN(CCc1ccc(F)cc1)C(O)c1nc2ccccc2o1)C(C)(C)C. The number of nitrogens with zero attached hydrogens (tertiary/aromatic N) is 3. The van der Waals surface area contributed by atoms with Gasteiger partial charge in [0, 0.05) is 25.7 Å². The van der Waals surface area contributed by atoms with Crippen LogP contribution in [0.5, 0.6) is 0 Å². The fourth-order valence-electron chi connectivity index (χ4n) is 5.19. The Morgan fingerprint density at radius 2 is 1.90 bits per heavy atom. The molecule has 2 heterocycles. The van der Waals surface area contributed by atoms with Gasteiger partial charge in [-0.1, -0.05) is 45.0 Å². The van der Waals surface area contributed by atoms with Gasteiger partial charge in [-0.25, -0.2) is 9.37 Å². The summed E-state index contributed by atoms with van der Waals surface area (Å²) in [7, 11) is 1.71. The van der Waals surface area contributed by atoms with Crippen molar-refractivity contribution < 1.29 is 23.5 Å². The van der Waals surface area contributed by atoms with E-state index in [1.807, 2.05) is 48.8 Å². The third-order valence-corrected chi connectivity index (χ3v) is 7.81. The Kier molecular flexibility index (Phi) is 9.78. The predicted octanol–water partition coefficient (Wildman–Crippen LogP) is 3.63. The molecule has 0 spiro atoms. The molecule has 1 fully saturated rings. The second kappa shape index (κ2) is 13.1. The van der Waals surface area contributed by atoms with Crippen LogP contribution in [0.1, 0.15) is 58.2 Å². The molecule has 3 N–H and O–H groups in total. The molecule has 1 aliphatic heterocycles. The zero-order valence-corrected chi connectivity index (χ0v) is 24.6. The van der Waals surface area contributed by atoms with E-state index in [2.05, 4.69) is 15.6 Å². The van der Waals surface area contributed by atoms with Crippen LogP contribution in [0.4, 0.5) is 4.39 Å². The van der Waals surface area contributed by atoms with Gasteiger partial charge in [0.25, 0.3) is 0 Å². The van der Waals surface area contributed by atoms with E-state index in [1.165, 1.54) is 12.1 Å². The average Bonchev–Trinajstić information content (AvgIpc) is 3.60. The number of fused-ring (bicyclic) bond motifs is 1. The van der Waals surface area contributed by atoms with E-state index in [-0.39, 0.29) is 29.6 Å². The third-order valence-electron chi connectivity index (χ3n) is 7.81. The van der Waals surface area contributed by atoms with E-state index in [4.69, 9.17) is 4.42 Å². The minimum Gasteiger partial charge on any atom is -0.436 e. The Morgan fingerprint density at radius 1 is 1.20 bits per heavy atom. The Balaban J connectivity index is 1.56. The average molecular weight is 568 g/mol. The first-order valence-electron chi connectivity index (χ1n) is 14.3. The summed E-state index contributed by atoms with van der Waals surface area (Å²) in [6.45, 7) is 8.96. The lowest BCUT2D eigenvalue weighted by molar-refractivity contribution is -0.141. The normalized spacial score (nSPS) is 18.0. The number of halogens is 1. The molecular formula is C31H42FN5O4. The number of rotatable bonds is 11. The molecule has 4 atom stereocenters. The van der Waals surface area contributed by atoms with Crippen LogP contribution < -0.4 is 10.6 Å². The molecule has 4 unspecified atom stereocenters. The highest BCUT2D eigenvalue weighted by atomic mass is 19.1. The summed E-state index contributed by atoms with van der Waals surface area (Å²) in [6.07, 6.45) is 0.992. The molecule has 1 aromatic heterocycles. The highest BCUT2D eigenvalue weighted by Crippen LogP contribution is 2.29. The van der Waals surface area contributed by atoms with Gasteiger partial charge in [-0.2, -0.15) is 0 Å². The number of oxazole rings is 1. The molecule has 1 saturated heterocycles. The second-order valence-corrected chi connectivity index (χ2v) is 11.9. The summed E-state index contributed by atoms with van der Waals surface area (Å²) in [6, 6.07) is 12.3. The van der Waals surface area contributed by atoms with Gasteiger partial charge in [-0.3, -0.25) is 14.5 Å². The lowest BCUT2D eigenvalue weighted by atomic mass is 9.85. The maximum absolute atomic E-state index is 13.9. The largest absolute Gasteiger partial charge is 0.436 e. The van der Waals surface area contributed by atoms with Gasteiger partial charge in [0.1, 0.15) is 17.4 Å². The molecule has 0 bridgehead atoms. The number of aliphatic hydroxyl groups excluding tert-OH is 1. The van der Waals surface area contributed by atoms with Crippen molar-refractivity contribution in [2.75, 3.05) is 26.7 Å². The summed E-state index contributed by atoms with van der Waals surface area (Å²) < 4.78 is 19.4. The highest BCUT2D eigenvalue weighted by Gasteiger charge is 2.41. The number of aliphatic hydroxyl groups is 1. The molecule has 2 aromatic carbocycles. The summed E-state index contributed by atoms with van der Waals surface area (Å²) >= 11 is 0. The maximum atomic E-state index is 13.9. The van der Waals surface area contributed by atoms with Crippen LogP contribution in [0.25, 0.3) is 11.1 Å². The van der Waals surface area contributed by atoms with E-state index in [9.17, 15) is 19.1 Å². The van der Waals surface area contributed by atoms with Crippen molar-refractivity contribution in [1.29, 1.82) is 0 Å². The van der Waals surface area contributed by atoms with E-state index < -0.39 is 23.7 Å². The number of hydrogen-bond acceptors (Lipinski definition) is 7. The van der Waals surface area contributed by atoms with E-state index in [0.717, 1.165) is 18.4 Å². The number of likely N-dealkylation sites (N-methyl/N-ethyl adjacent to an activating group) is 1. The Bertz CT molecular complexity index is 1290. The molecule has 41 heavy (non-hydrogen) atoms. The molecule has 222 valence electrons. The van der Waals surface area contributed by atoms with Crippen molar-refractivity contribution in [2.45, 2.75) is 71.3 Å². The maximum Gasteiger partial charge on any atom is 0.245 e. The fraction of sp³-hybridized carbons (Fsp3) is 0.516. The molecule has 0 aliphatic carbocycles. The van der Waals surface area contributed by atoms with Crippen molar-refractivity contribution >= 4 is 22.9 Å². The zero-order valence-electron chi connectivity index (χ0n) is 24.6. The third kappa shape index (κ3) is 7.49. The monoisotopic (exact) mass is 567 g/mol. The molecule has 10 heteroatoms. The van der Waals surface area contributed by atoms with Gasteiger partial charge in [0.15, 0.2) is 11.8 Å². The lowest BCUT2D eigenvalue weighted by Crippen LogP contribution is -2.59. The van der Waals surface area contributed by atoms with Crippen molar-refractivity contribution in [3.8, 4) is 0 Å². The first-order chi connectivity index (χ1) is 19.5. The van der Waals surface area contributed by atoms with Gasteiger partial charge in [0.05, 0.1) is 6.04 Å². The van der Waals surface area contributed by atoms with Gasteiger partial charge in [-0.15, -0.1) is 0 Å². The predicted molar refractivity (Wildman–Crippen MR) is 155 cm³/mol. The number of benzene rings is 2. The number of aromatic nitrogens is 1. The van der Waals surface area contributed by atoms with E-state index in [1.54, 1.807) is 32.2 Å². The standard InChI is InChI=1S/C31H42FN5O4/c1-20(33-5)27(38)35-26(31(2,3)4)29(39)37-17-8-9-23(37)19-36(18-16-21-12-14-22(32)15-13-21)30(40)28-34-24-10-6-7-11-25(24)41-28/h6-7,10-15,20,23,26,30,33,40H,8-9,16-19H2,1-5H3,(H,35,38). The molecule has 1 aliphatic rings. The molecule has 0 saturated carbocycles. The fourth-order valence-corrected chi connectivity index (χ4v) is 5.19. The van der Waals surface area contributed by atoms with E-state index in [0.29, 0.717) is 37.2 Å². The molecule has 9 nitrogen and oxygen atoms in total. The van der Waals surface area contributed by atoms with Crippen LogP contribution in [-0.2, 0) is 16.0 Å². The Labute approximate surface area is 241 Å². The zero-order chi connectivity index (χ0) is 29.7. The number of carbonyl (C=O) groups excluding carboxylic acids is 2. The number of amides is 2. The molecular weight excluding hydrogens is 525 g/mol. The van der Waals surface area contributed by atoms with Crippen LogP contribution >= 0.6 is 0 Å². The number of likely N-dealkylation sites (tertiary alicyclic amines) is 1. The highest BCUT2D eigenvalue weighted by molar-refractivity contribution is 5.90. The summed E-state index contributed by atoms with van der Waals surface area (Å²) in [5, 5.41) is 17.4. The Hall–Kier alpha value is -3.34. The minimum absolute atomic E-state index is 0.133. The topological polar surface area (TPSA) is 111 Å².